The molecule has 1 rings (SSSR count). The lowest BCUT2D eigenvalue weighted by Crippen LogP contribution is -2.30. The minimum absolute atomic E-state index is 0.00419. The molecule has 0 aromatic carbocycles. The van der Waals surface area contributed by atoms with Crippen molar-refractivity contribution in [1.29, 1.82) is 0 Å². The maximum absolute atomic E-state index is 11.8. The van der Waals surface area contributed by atoms with Crippen molar-refractivity contribution in [1.82, 2.24) is 15.0 Å². The van der Waals surface area contributed by atoms with E-state index in [0.29, 0.717) is 25.9 Å². The van der Waals surface area contributed by atoms with Gasteiger partial charge in [0.25, 0.3) is 0 Å². The molecule has 0 aliphatic rings. The van der Waals surface area contributed by atoms with Gasteiger partial charge < -0.3 is 4.90 Å². The van der Waals surface area contributed by atoms with E-state index < -0.39 is 19.7 Å². The fourth-order valence-electron chi connectivity index (χ4n) is 2.12. The highest BCUT2D eigenvalue weighted by Crippen LogP contribution is 2.11. The van der Waals surface area contributed by atoms with Crippen molar-refractivity contribution in [3.63, 3.8) is 0 Å². The highest BCUT2D eigenvalue weighted by Gasteiger charge is 2.16. The van der Waals surface area contributed by atoms with Crippen LogP contribution in [0.1, 0.15) is 12.8 Å². The zero-order valence-electron chi connectivity index (χ0n) is 14.0. The molecule has 1 aromatic rings. The van der Waals surface area contributed by atoms with Gasteiger partial charge in [-0.1, -0.05) is 0 Å². The molecule has 1 heterocycles. The number of hydrogen-bond acceptors (Lipinski definition) is 8. The van der Waals surface area contributed by atoms with Gasteiger partial charge in [-0.15, -0.1) is 23.2 Å². The summed E-state index contributed by atoms with van der Waals surface area (Å²) in [6.07, 6.45) is 1.90. The molecule has 0 spiro atoms. The van der Waals surface area contributed by atoms with Gasteiger partial charge in [0, 0.05) is 24.8 Å². The largest absolute Gasteiger partial charge is 0.341 e. The van der Waals surface area contributed by atoms with E-state index in [2.05, 4.69) is 15.0 Å². The minimum atomic E-state index is -3.22. The molecule has 0 aliphatic heterocycles. The van der Waals surface area contributed by atoms with Crippen LogP contribution in [0.2, 0.25) is 5.28 Å². The van der Waals surface area contributed by atoms with E-state index in [-0.39, 0.29) is 46.0 Å². The van der Waals surface area contributed by atoms with E-state index >= 15 is 0 Å². The number of nitrogens with zero attached hydrogens (tertiary/aromatic N) is 4. The van der Waals surface area contributed by atoms with E-state index in [1.807, 2.05) is 0 Å². The Balaban J connectivity index is 2.71. The first-order chi connectivity index (χ1) is 12.2. The van der Waals surface area contributed by atoms with Crippen LogP contribution in [0.15, 0.2) is 6.33 Å². The summed E-state index contributed by atoms with van der Waals surface area (Å²) < 4.78 is 47.1. The first kappa shape index (κ1) is 23.6. The van der Waals surface area contributed by atoms with Gasteiger partial charge in [-0.05, 0) is 24.4 Å². The highest BCUT2D eigenvalue weighted by atomic mass is 35.5. The molecule has 0 aliphatic carbocycles. The first-order valence-electron chi connectivity index (χ1n) is 7.81. The van der Waals surface area contributed by atoms with Crippen molar-refractivity contribution >= 4 is 60.4 Å². The molecule has 0 N–H and O–H groups in total. The van der Waals surface area contributed by atoms with Gasteiger partial charge in [-0.2, -0.15) is 4.98 Å². The predicted octanol–water partition coefficient (Wildman–Crippen LogP) is 1.42. The standard InChI is InChI=1S/C13H21Cl3N4O4S2/c14-3-9-25(21,22)7-1-5-20(13-18-11-17-12(16)19-13)6-2-8-26(23,24)10-4-15/h11H,1-10H2. The summed E-state index contributed by atoms with van der Waals surface area (Å²) in [7, 11) is -6.43. The Morgan fingerprint density at radius 1 is 0.846 bits per heavy atom. The molecule has 1 aromatic heterocycles. The molecule has 150 valence electrons. The summed E-state index contributed by atoms with van der Waals surface area (Å²) in [6.45, 7) is 0.662. The third-order valence-corrected chi connectivity index (χ3v) is 7.84. The van der Waals surface area contributed by atoms with E-state index in [4.69, 9.17) is 34.8 Å². The van der Waals surface area contributed by atoms with Gasteiger partial charge in [0.2, 0.25) is 11.2 Å². The molecule has 0 amide bonds. The molecule has 0 fully saturated rings. The Hall–Kier alpha value is -0.420. The van der Waals surface area contributed by atoms with Crippen molar-refractivity contribution in [3.05, 3.63) is 11.6 Å². The third kappa shape index (κ3) is 9.50. The second kappa shape index (κ2) is 11.4. The Morgan fingerprint density at radius 3 is 1.77 bits per heavy atom. The topological polar surface area (TPSA) is 110 Å². The average Bonchev–Trinajstić information content (AvgIpc) is 2.53. The van der Waals surface area contributed by atoms with Crippen LogP contribution in [-0.2, 0) is 19.7 Å². The van der Waals surface area contributed by atoms with Crippen LogP contribution in [0.5, 0.6) is 0 Å². The zero-order valence-corrected chi connectivity index (χ0v) is 17.9. The number of sulfone groups is 2. The Morgan fingerprint density at radius 2 is 1.35 bits per heavy atom. The average molecular weight is 468 g/mol. The lowest BCUT2D eigenvalue weighted by molar-refractivity contribution is 0.591. The van der Waals surface area contributed by atoms with Gasteiger partial charge in [0.15, 0.2) is 19.7 Å². The summed E-state index contributed by atoms with van der Waals surface area (Å²) in [5.74, 6) is 0.154. The number of rotatable bonds is 13. The maximum Gasteiger partial charge on any atom is 0.229 e. The Kier molecular flexibility index (Phi) is 10.4. The number of alkyl halides is 2. The minimum Gasteiger partial charge on any atom is -0.341 e. The lowest BCUT2D eigenvalue weighted by atomic mass is 10.4. The summed E-state index contributed by atoms with van der Waals surface area (Å²) in [6, 6.07) is 0. The van der Waals surface area contributed by atoms with Gasteiger partial charge in [-0.3, -0.25) is 0 Å². The molecule has 0 atom stereocenters. The van der Waals surface area contributed by atoms with E-state index in [0.717, 1.165) is 0 Å². The third-order valence-electron chi connectivity index (χ3n) is 3.36. The molecular weight excluding hydrogens is 447 g/mol. The van der Waals surface area contributed by atoms with Crippen molar-refractivity contribution in [2.24, 2.45) is 0 Å². The summed E-state index contributed by atoms with van der Waals surface area (Å²) in [5.41, 5.74) is 0. The van der Waals surface area contributed by atoms with E-state index in [9.17, 15) is 16.8 Å². The molecule has 26 heavy (non-hydrogen) atoms. The van der Waals surface area contributed by atoms with Crippen LogP contribution in [0.25, 0.3) is 0 Å². The van der Waals surface area contributed by atoms with E-state index in [1.165, 1.54) is 6.33 Å². The highest BCUT2D eigenvalue weighted by molar-refractivity contribution is 7.91. The fourth-order valence-corrected chi connectivity index (χ4v) is 5.67. The van der Waals surface area contributed by atoms with Crippen LogP contribution in [-0.4, -0.2) is 79.6 Å². The first-order valence-corrected chi connectivity index (χ1v) is 12.9. The predicted molar refractivity (Wildman–Crippen MR) is 105 cm³/mol. The number of halogens is 3. The van der Waals surface area contributed by atoms with Crippen LogP contribution >= 0.6 is 34.8 Å². The van der Waals surface area contributed by atoms with E-state index in [1.54, 1.807) is 4.90 Å². The second-order valence-electron chi connectivity index (χ2n) is 5.43. The molecule has 0 unspecified atom stereocenters. The van der Waals surface area contributed by atoms with Crippen LogP contribution in [0.4, 0.5) is 5.95 Å². The molecule has 0 saturated heterocycles. The molecule has 0 bridgehead atoms. The Bertz CT molecular complexity index is 720. The van der Waals surface area contributed by atoms with Gasteiger partial charge in [0.05, 0.1) is 23.0 Å². The SMILES string of the molecule is O=S(=O)(CCCl)CCCN(CCCS(=O)(=O)CCCl)c1ncnc(Cl)n1. The van der Waals surface area contributed by atoms with Gasteiger partial charge in [-0.25, -0.2) is 26.8 Å². The monoisotopic (exact) mass is 466 g/mol. The lowest BCUT2D eigenvalue weighted by Gasteiger charge is -2.22. The maximum atomic E-state index is 11.8. The molecule has 0 radical (unpaired) electrons. The molecular formula is C13H21Cl3N4O4S2. The van der Waals surface area contributed by atoms with Crippen molar-refractivity contribution in [3.8, 4) is 0 Å². The van der Waals surface area contributed by atoms with Crippen LogP contribution in [0.3, 0.4) is 0 Å². The smallest absolute Gasteiger partial charge is 0.229 e. The molecule has 8 nitrogen and oxygen atoms in total. The summed E-state index contributed by atoms with van der Waals surface area (Å²) >= 11 is 16.7. The van der Waals surface area contributed by atoms with Gasteiger partial charge >= 0.3 is 0 Å². The van der Waals surface area contributed by atoms with Crippen molar-refractivity contribution < 1.29 is 16.8 Å². The van der Waals surface area contributed by atoms with Gasteiger partial charge in [0.1, 0.15) is 6.33 Å². The number of anilines is 1. The quantitative estimate of drug-likeness (QED) is 0.401. The van der Waals surface area contributed by atoms with Crippen molar-refractivity contribution in [2.75, 3.05) is 52.8 Å². The molecule has 0 saturated carbocycles. The second-order valence-corrected chi connectivity index (χ2v) is 11.1. The zero-order chi connectivity index (χ0) is 19.6. The molecule has 13 heteroatoms. The number of aromatic nitrogens is 3. The normalized spacial score (nSPS) is 12.3. The van der Waals surface area contributed by atoms with Crippen molar-refractivity contribution in [2.45, 2.75) is 12.8 Å². The van der Waals surface area contributed by atoms with Crippen LogP contribution < -0.4 is 4.90 Å². The Labute approximate surface area is 169 Å². The fraction of sp³-hybridized carbons (Fsp3) is 0.769. The van der Waals surface area contributed by atoms with Crippen LogP contribution in [0, 0.1) is 0 Å². The summed E-state index contributed by atoms with van der Waals surface area (Å²) in [5, 5.41) is 0.00419. The number of hydrogen-bond donors (Lipinski definition) is 0. The summed E-state index contributed by atoms with van der Waals surface area (Å²) in [4.78, 5) is 13.4.